The minimum absolute atomic E-state index is 0.0538. The number of hydrogen-bond donors (Lipinski definition) is 2. The molecule has 0 fully saturated rings. The van der Waals surface area contributed by atoms with Crippen LogP contribution in [0.4, 0.5) is 4.39 Å². The van der Waals surface area contributed by atoms with E-state index in [1.807, 2.05) is 0 Å². The summed E-state index contributed by atoms with van der Waals surface area (Å²) in [6.07, 6.45) is -1.78. The molecule has 0 aliphatic carbocycles. The van der Waals surface area contributed by atoms with E-state index in [0.717, 1.165) is 6.07 Å². The van der Waals surface area contributed by atoms with Crippen molar-refractivity contribution in [1.29, 1.82) is 0 Å². The van der Waals surface area contributed by atoms with Crippen LogP contribution < -0.4 is 0 Å². The quantitative estimate of drug-likeness (QED) is 0.902. The Balaban J connectivity index is 2.53. The molecule has 0 amide bonds. The van der Waals surface area contributed by atoms with Crippen LogP contribution in [-0.2, 0) is 4.79 Å². The molecule has 0 aromatic heterocycles. The Kier molecular flexibility index (Phi) is 4.28. The Labute approximate surface area is 124 Å². The summed E-state index contributed by atoms with van der Waals surface area (Å²) in [5.41, 5.74) is 0.411. The van der Waals surface area contributed by atoms with E-state index in [0.29, 0.717) is 5.56 Å². The van der Waals surface area contributed by atoms with Gasteiger partial charge < -0.3 is 10.2 Å². The molecule has 104 valence electrons. The highest BCUT2D eigenvalue weighted by atomic mass is 35.5. The van der Waals surface area contributed by atoms with Crippen LogP contribution in [0.3, 0.4) is 0 Å². The number of aliphatic hydroxyl groups excluding tert-OH is 1. The van der Waals surface area contributed by atoms with Crippen molar-refractivity contribution in [1.82, 2.24) is 0 Å². The normalized spacial score (nSPS) is 12.2. The van der Waals surface area contributed by atoms with Crippen molar-refractivity contribution in [2.24, 2.45) is 0 Å². The topological polar surface area (TPSA) is 57.5 Å². The first kappa shape index (κ1) is 14.8. The SMILES string of the molecule is O=C(O)C(O)c1ccc(-c2c(Cl)cccc2Cl)c(F)c1. The highest BCUT2D eigenvalue weighted by Crippen LogP contribution is 2.36. The average Bonchev–Trinajstić information content (AvgIpc) is 2.39. The average molecular weight is 315 g/mol. The van der Waals surface area contributed by atoms with Crippen molar-refractivity contribution in [3.63, 3.8) is 0 Å². The molecule has 0 aliphatic rings. The summed E-state index contributed by atoms with van der Waals surface area (Å²) in [4.78, 5) is 10.7. The second-order valence-electron chi connectivity index (χ2n) is 4.08. The molecule has 0 heterocycles. The molecule has 0 saturated heterocycles. The van der Waals surface area contributed by atoms with Gasteiger partial charge in [0.15, 0.2) is 6.10 Å². The van der Waals surface area contributed by atoms with Crippen molar-refractivity contribution in [3.05, 3.63) is 57.8 Å². The van der Waals surface area contributed by atoms with Gasteiger partial charge in [0, 0.05) is 21.2 Å². The number of carboxylic acid groups (broad SMARTS) is 1. The number of aliphatic carboxylic acids is 1. The Bertz CT molecular complexity index is 653. The largest absolute Gasteiger partial charge is 0.479 e. The van der Waals surface area contributed by atoms with E-state index in [1.54, 1.807) is 18.2 Å². The lowest BCUT2D eigenvalue weighted by Gasteiger charge is -2.11. The molecular weight excluding hydrogens is 306 g/mol. The second-order valence-corrected chi connectivity index (χ2v) is 4.89. The van der Waals surface area contributed by atoms with Gasteiger partial charge in [-0.05, 0) is 23.8 Å². The minimum atomic E-state index is -1.78. The molecule has 2 aromatic rings. The van der Waals surface area contributed by atoms with Crippen LogP contribution in [0.15, 0.2) is 36.4 Å². The molecule has 1 atom stereocenters. The van der Waals surface area contributed by atoms with E-state index >= 15 is 0 Å². The molecular formula is C14H9Cl2FO3. The fourth-order valence-electron chi connectivity index (χ4n) is 1.80. The number of halogens is 3. The minimum Gasteiger partial charge on any atom is -0.479 e. The van der Waals surface area contributed by atoms with Gasteiger partial charge >= 0.3 is 5.97 Å². The molecule has 0 radical (unpaired) electrons. The molecule has 2 N–H and O–H groups in total. The lowest BCUT2D eigenvalue weighted by molar-refractivity contribution is -0.146. The lowest BCUT2D eigenvalue weighted by Crippen LogP contribution is -2.10. The molecule has 2 aromatic carbocycles. The number of carboxylic acids is 1. The van der Waals surface area contributed by atoms with Crippen molar-refractivity contribution in [2.75, 3.05) is 0 Å². The maximum Gasteiger partial charge on any atom is 0.337 e. The van der Waals surface area contributed by atoms with E-state index in [-0.39, 0.29) is 21.2 Å². The number of aliphatic hydroxyl groups is 1. The van der Waals surface area contributed by atoms with Crippen LogP contribution in [0.2, 0.25) is 10.0 Å². The fourth-order valence-corrected chi connectivity index (χ4v) is 2.40. The van der Waals surface area contributed by atoms with E-state index in [9.17, 15) is 14.3 Å². The smallest absolute Gasteiger partial charge is 0.337 e. The first-order chi connectivity index (χ1) is 9.41. The third-order valence-electron chi connectivity index (χ3n) is 2.77. The summed E-state index contributed by atoms with van der Waals surface area (Å²) in [6, 6.07) is 8.38. The zero-order chi connectivity index (χ0) is 14.9. The van der Waals surface area contributed by atoms with Gasteiger partial charge in [-0.1, -0.05) is 41.4 Å². The molecule has 6 heteroatoms. The summed E-state index contributed by atoms with van der Waals surface area (Å²) in [5, 5.41) is 18.6. The molecule has 0 aliphatic heterocycles. The van der Waals surface area contributed by atoms with Gasteiger partial charge in [0.1, 0.15) is 5.82 Å². The van der Waals surface area contributed by atoms with Crippen LogP contribution in [-0.4, -0.2) is 16.2 Å². The summed E-state index contributed by atoms with van der Waals surface area (Å²) in [6.45, 7) is 0. The van der Waals surface area contributed by atoms with Gasteiger partial charge in [0.25, 0.3) is 0 Å². The maximum atomic E-state index is 14.1. The third-order valence-corrected chi connectivity index (χ3v) is 3.40. The Morgan fingerprint density at radius 1 is 1.15 bits per heavy atom. The monoisotopic (exact) mass is 314 g/mol. The first-order valence-electron chi connectivity index (χ1n) is 5.56. The van der Waals surface area contributed by atoms with Crippen LogP contribution >= 0.6 is 23.2 Å². The van der Waals surface area contributed by atoms with Gasteiger partial charge in [-0.3, -0.25) is 0 Å². The Hall–Kier alpha value is -1.62. The van der Waals surface area contributed by atoms with Crippen LogP contribution in [0, 0.1) is 5.82 Å². The van der Waals surface area contributed by atoms with Crippen LogP contribution in [0.5, 0.6) is 0 Å². The number of hydrogen-bond acceptors (Lipinski definition) is 2. The van der Waals surface area contributed by atoms with E-state index in [1.165, 1.54) is 12.1 Å². The summed E-state index contributed by atoms with van der Waals surface area (Å²) in [5.74, 6) is -2.16. The second kappa shape index (κ2) is 5.79. The van der Waals surface area contributed by atoms with Crippen molar-refractivity contribution < 1.29 is 19.4 Å². The molecule has 3 nitrogen and oxygen atoms in total. The summed E-state index contributed by atoms with van der Waals surface area (Å²) >= 11 is 12.0. The van der Waals surface area contributed by atoms with E-state index in [4.69, 9.17) is 28.3 Å². The molecule has 20 heavy (non-hydrogen) atoms. The highest BCUT2D eigenvalue weighted by molar-refractivity contribution is 6.39. The third kappa shape index (κ3) is 2.77. The zero-order valence-electron chi connectivity index (χ0n) is 9.98. The van der Waals surface area contributed by atoms with E-state index in [2.05, 4.69) is 0 Å². The number of rotatable bonds is 3. The molecule has 2 rings (SSSR count). The first-order valence-corrected chi connectivity index (χ1v) is 6.32. The standard InChI is InChI=1S/C14H9Cl2FO3/c15-9-2-1-3-10(16)12(9)8-5-4-7(6-11(8)17)13(18)14(19)20/h1-6,13,18H,(H,19,20). The van der Waals surface area contributed by atoms with Crippen molar-refractivity contribution >= 4 is 29.2 Å². The molecule has 0 bridgehead atoms. The summed E-state index contributed by atoms with van der Waals surface area (Å²) < 4.78 is 14.1. The molecule has 1 unspecified atom stereocenters. The highest BCUT2D eigenvalue weighted by Gasteiger charge is 2.19. The van der Waals surface area contributed by atoms with Gasteiger partial charge in [-0.2, -0.15) is 0 Å². The lowest BCUT2D eigenvalue weighted by atomic mass is 10.0. The van der Waals surface area contributed by atoms with Gasteiger partial charge in [0.05, 0.1) is 0 Å². The molecule has 0 saturated carbocycles. The predicted molar refractivity (Wildman–Crippen MR) is 74.5 cm³/mol. The van der Waals surface area contributed by atoms with Crippen LogP contribution in [0.1, 0.15) is 11.7 Å². The number of benzene rings is 2. The van der Waals surface area contributed by atoms with Gasteiger partial charge in [0.2, 0.25) is 0 Å². The zero-order valence-corrected chi connectivity index (χ0v) is 11.5. The molecule has 0 spiro atoms. The Morgan fingerprint density at radius 3 is 2.25 bits per heavy atom. The fraction of sp³-hybridized carbons (Fsp3) is 0.0714. The summed E-state index contributed by atoms with van der Waals surface area (Å²) in [7, 11) is 0. The van der Waals surface area contributed by atoms with E-state index < -0.39 is 17.9 Å². The number of carbonyl (C=O) groups is 1. The van der Waals surface area contributed by atoms with Crippen LogP contribution in [0.25, 0.3) is 11.1 Å². The maximum absolute atomic E-state index is 14.1. The van der Waals surface area contributed by atoms with Gasteiger partial charge in [-0.25, -0.2) is 9.18 Å². The van der Waals surface area contributed by atoms with Gasteiger partial charge in [-0.15, -0.1) is 0 Å². The Morgan fingerprint density at radius 2 is 1.75 bits per heavy atom. The van der Waals surface area contributed by atoms with Crippen molar-refractivity contribution in [2.45, 2.75) is 6.10 Å². The predicted octanol–water partition coefficient (Wildman–Crippen LogP) is 3.92. The van der Waals surface area contributed by atoms with Crippen molar-refractivity contribution in [3.8, 4) is 11.1 Å².